The summed E-state index contributed by atoms with van der Waals surface area (Å²) in [5, 5.41) is 27.5. The fourth-order valence-electron chi connectivity index (χ4n) is 5.72. The van der Waals surface area contributed by atoms with E-state index in [0.29, 0.717) is 16.9 Å². The van der Waals surface area contributed by atoms with Crippen LogP contribution in [0.1, 0.15) is 32.9 Å². The maximum Gasteiger partial charge on any atom is 0.280 e. The number of fused-ring (bicyclic) bond motifs is 2. The van der Waals surface area contributed by atoms with Crippen LogP contribution in [0.5, 0.6) is 0 Å². The van der Waals surface area contributed by atoms with Gasteiger partial charge in [-0.15, -0.1) is 0 Å². The largest absolute Gasteiger partial charge is 0.387 e. The first-order valence-electron chi connectivity index (χ1n) is 14.3. The lowest BCUT2D eigenvalue weighted by atomic mass is 9.94. The molecule has 6 heterocycles. The highest BCUT2D eigenvalue weighted by atomic mass is 32.2. The van der Waals surface area contributed by atoms with Crippen molar-refractivity contribution in [3.8, 4) is 0 Å². The molecule has 2 fully saturated rings. The smallest absolute Gasteiger partial charge is 0.280 e. The number of aromatic amines is 1. The number of amides is 1. The first-order valence-corrected chi connectivity index (χ1v) is 15.5. The Morgan fingerprint density at radius 3 is 2.75 bits per heavy atom. The number of likely N-dealkylation sites (tertiary alicyclic amines) is 1. The summed E-state index contributed by atoms with van der Waals surface area (Å²) in [5.74, 6) is 1.44. The molecular formula is C26H36N12O5S. The first-order chi connectivity index (χ1) is 21.0. The van der Waals surface area contributed by atoms with Gasteiger partial charge in [0, 0.05) is 37.2 Å². The van der Waals surface area contributed by atoms with Crippen LogP contribution in [-0.2, 0) is 9.53 Å². The van der Waals surface area contributed by atoms with E-state index in [-0.39, 0.29) is 40.9 Å². The van der Waals surface area contributed by atoms with Gasteiger partial charge < -0.3 is 42.0 Å². The number of nitrogen functional groups attached to an aromatic ring is 2. The molecule has 9 N–H and O–H groups in total. The number of hydrogen-bond donors (Lipinski definition) is 7. The molecule has 0 saturated carbocycles. The molecular weight excluding hydrogens is 592 g/mol. The summed E-state index contributed by atoms with van der Waals surface area (Å²) in [7, 11) is 0. The third-order valence-electron chi connectivity index (χ3n) is 8.13. The zero-order chi connectivity index (χ0) is 31.2. The quantitative estimate of drug-likeness (QED) is 0.148. The third kappa shape index (κ3) is 5.82. The number of nitrogens with two attached hydrogens (primary N) is 2. The van der Waals surface area contributed by atoms with Crippen molar-refractivity contribution in [2.75, 3.05) is 47.9 Å². The van der Waals surface area contributed by atoms with E-state index in [1.807, 2.05) is 0 Å². The van der Waals surface area contributed by atoms with Crippen molar-refractivity contribution >= 4 is 57.8 Å². The van der Waals surface area contributed by atoms with Crippen LogP contribution in [0, 0.1) is 0 Å². The van der Waals surface area contributed by atoms with Gasteiger partial charge in [-0.3, -0.25) is 19.1 Å². The number of aliphatic imine (C=N–C) groups is 1. The Labute approximate surface area is 255 Å². The predicted octanol–water partition coefficient (Wildman–Crippen LogP) is -1.02. The summed E-state index contributed by atoms with van der Waals surface area (Å²) in [6, 6.07) is -0.0190. The van der Waals surface area contributed by atoms with Crippen LogP contribution in [0.3, 0.4) is 0 Å². The summed E-state index contributed by atoms with van der Waals surface area (Å²) in [6.45, 7) is 6.06. The van der Waals surface area contributed by atoms with E-state index in [9.17, 15) is 19.8 Å². The number of ether oxygens (including phenoxy) is 1. The van der Waals surface area contributed by atoms with Crippen molar-refractivity contribution < 1.29 is 19.7 Å². The number of carbonyl (C=O) groups is 1. The zero-order valence-electron chi connectivity index (χ0n) is 24.3. The molecule has 2 unspecified atom stereocenters. The molecule has 44 heavy (non-hydrogen) atoms. The predicted molar refractivity (Wildman–Crippen MR) is 165 cm³/mol. The fraction of sp³-hybridized carbons (Fsp3) is 0.577. The number of anilines is 3. The van der Waals surface area contributed by atoms with Gasteiger partial charge in [-0.25, -0.2) is 19.9 Å². The third-order valence-corrected chi connectivity index (χ3v) is 9.17. The fourth-order valence-corrected chi connectivity index (χ4v) is 6.78. The molecule has 3 aliphatic rings. The van der Waals surface area contributed by atoms with Gasteiger partial charge in [0.2, 0.25) is 5.95 Å². The number of aliphatic hydroxyl groups excluding tert-OH is 2. The molecule has 0 bridgehead atoms. The standard InChI is InChI=1S/C26H36N12O5S/c1-26(2)18(33-15-20(36-26)34-25(28)35-22(15)41)23(42)32-12-3-5-37(6-4-12)7-8-44-9-13-16(39)17(40)24(43-13)38-11-31-14-19(27)29-10-30-21(14)38/h10-13,16-17,24,39-40H,3-9H2,1-2H3,(H,32,42)(H2,27,29,30)(H4,28,34,35,36,41)/t13-,16?,17?,24-/m1/s1. The van der Waals surface area contributed by atoms with Gasteiger partial charge in [-0.1, -0.05) is 0 Å². The summed E-state index contributed by atoms with van der Waals surface area (Å²) in [6.07, 6.45) is 0.751. The molecule has 3 aromatic rings. The molecule has 0 aliphatic carbocycles. The van der Waals surface area contributed by atoms with Crippen LogP contribution in [0.25, 0.3) is 11.2 Å². The van der Waals surface area contributed by atoms with Crippen LogP contribution in [-0.4, -0.2) is 117 Å². The van der Waals surface area contributed by atoms with Gasteiger partial charge in [-0.05, 0) is 26.7 Å². The van der Waals surface area contributed by atoms with Gasteiger partial charge in [0.1, 0.15) is 29.8 Å². The summed E-state index contributed by atoms with van der Waals surface area (Å²) >= 11 is 1.64. The molecule has 0 spiro atoms. The molecule has 17 nitrogen and oxygen atoms in total. The highest BCUT2D eigenvalue weighted by Crippen LogP contribution is 2.33. The second-order valence-corrected chi connectivity index (χ2v) is 12.8. The number of carbonyl (C=O) groups excluding carboxylic acids is 1. The number of thioether (sulfide) groups is 1. The number of hydrogen-bond acceptors (Lipinski definition) is 15. The molecule has 3 aliphatic heterocycles. The Bertz CT molecular complexity index is 1640. The molecule has 236 valence electrons. The van der Waals surface area contributed by atoms with Crippen LogP contribution < -0.4 is 27.7 Å². The number of nitrogens with zero attached hydrogens (tertiary/aromatic N) is 7. The molecule has 1 amide bonds. The van der Waals surface area contributed by atoms with Crippen LogP contribution >= 0.6 is 11.8 Å². The second kappa shape index (κ2) is 11.9. The van der Waals surface area contributed by atoms with E-state index in [2.05, 4.69) is 45.4 Å². The van der Waals surface area contributed by atoms with Crippen molar-refractivity contribution in [3.63, 3.8) is 0 Å². The number of rotatable bonds is 8. The highest BCUT2D eigenvalue weighted by Gasteiger charge is 2.44. The normalized spacial score (nSPS) is 25.4. The topological polar surface area (TPSA) is 248 Å². The lowest BCUT2D eigenvalue weighted by Crippen LogP contribution is -2.54. The number of imidazole rings is 1. The molecule has 6 rings (SSSR count). The monoisotopic (exact) mass is 628 g/mol. The lowest BCUT2D eigenvalue weighted by molar-refractivity contribution is -0.116. The summed E-state index contributed by atoms with van der Waals surface area (Å²) in [5.41, 5.74) is 11.2. The average molecular weight is 629 g/mol. The Kier molecular flexibility index (Phi) is 8.18. The molecule has 4 atom stereocenters. The minimum atomic E-state index is -1.14. The van der Waals surface area contributed by atoms with E-state index in [1.165, 1.54) is 12.7 Å². The van der Waals surface area contributed by atoms with Gasteiger partial charge in [0.25, 0.3) is 11.5 Å². The van der Waals surface area contributed by atoms with E-state index in [4.69, 9.17) is 16.2 Å². The second-order valence-electron chi connectivity index (χ2n) is 11.7. The summed E-state index contributed by atoms with van der Waals surface area (Å²) in [4.78, 5) is 51.0. The lowest BCUT2D eigenvalue weighted by Gasteiger charge is -2.35. The Morgan fingerprint density at radius 1 is 1.20 bits per heavy atom. The van der Waals surface area contributed by atoms with E-state index < -0.39 is 35.6 Å². The maximum atomic E-state index is 13.2. The molecule has 2 saturated heterocycles. The molecule has 3 aromatic heterocycles. The first kappa shape index (κ1) is 30.2. The Morgan fingerprint density at radius 2 is 1.98 bits per heavy atom. The molecule has 18 heteroatoms. The molecule has 0 radical (unpaired) electrons. The van der Waals surface area contributed by atoms with Gasteiger partial charge in [0.15, 0.2) is 29.2 Å². The number of H-pyrrole nitrogens is 1. The van der Waals surface area contributed by atoms with Gasteiger partial charge in [0.05, 0.1) is 18.0 Å². The van der Waals surface area contributed by atoms with E-state index in [1.54, 1.807) is 30.2 Å². The number of aliphatic hydroxyl groups is 2. The minimum Gasteiger partial charge on any atom is -0.387 e. The van der Waals surface area contributed by atoms with Crippen LogP contribution in [0.15, 0.2) is 22.4 Å². The van der Waals surface area contributed by atoms with Crippen molar-refractivity contribution in [1.82, 2.24) is 39.7 Å². The van der Waals surface area contributed by atoms with Crippen LogP contribution in [0.4, 0.5) is 23.3 Å². The average Bonchev–Trinajstić information content (AvgIpc) is 3.52. The number of nitrogens with one attached hydrogen (secondary N) is 3. The highest BCUT2D eigenvalue weighted by molar-refractivity contribution is 7.99. The SMILES string of the molecule is CC1(C)Nc2nc(N)[nH]c(=O)c2N=C1C(=O)NC1CCN(CCSC[C@H]2O[C@@H](n3cnc4c(N)ncnc43)C(O)C2O)CC1. The maximum absolute atomic E-state index is 13.2. The van der Waals surface area contributed by atoms with Crippen molar-refractivity contribution in [2.45, 2.75) is 62.8 Å². The number of aromatic nitrogens is 6. The van der Waals surface area contributed by atoms with E-state index in [0.717, 1.165) is 38.2 Å². The Balaban J connectivity index is 0.955. The molecule has 0 aromatic carbocycles. The van der Waals surface area contributed by atoms with E-state index >= 15 is 0 Å². The van der Waals surface area contributed by atoms with Crippen molar-refractivity contribution in [1.29, 1.82) is 0 Å². The Hall–Kier alpha value is -3.84. The summed E-state index contributed by atoms with van der Waals surface area (Å²) < 4.78 is 7.59. The van der Waals surface area contributed by atoms with Crippen molar-refractivity contribution in [3.05, 3.63) is 23.0 Å². The van der Waals surface area contributed by atoms with Gasteiger partial charge >= 0.3 is 0 Å². The van der Waals surface area contributed by atoms with Crippen molar-refractivity contribution in [2.24, 2.45) is 4.99 Å². The minimum absolute atomic E-state index is 0.0190. The number of piperidine rings is 1. The zero-order valence-corrected chi connectivity index (χ0v) is 25.1. The van der Waals surface area contributed by atoms with Gasteiger partial charge in [-0.2, -0.15) is 16.7 Å². The van der Waals surface area contributed by atoms with Crippen LogP contribution in [0.2, 0.25) is 0 Å².